The molecule has 7 nitrogen and oxygen atoms in total. The van der Waals surface area contributed by atoms with Gasteiger partial charge in [0.1, 0.15) is 0 Å². The number of hydrogen-bond donors (Lipinski definition) is 0. The summed E-state index contributed by atoms with van der Waals surface area (Å²) in [5, 5.41) is 0. The summed E-state index contributed by atoms with van der Waals surface area (Å²) in [6.45, 7) is 2.02. The van der Waals surface area contributed by atoms with Crippen LogP contribution in [0.2, 0.25) is 0 Å². The molecule has 31 heavy (non-hydrogen) atoms. The van der Waals surface area contributed by atoms with E-state index < -0.39 is 0 Å². The molecule has 1 aliphatic heterocycles. The molecule has 0 aromatic carbocycles. The number of carbonyl (C=O) groups is 1. The van der Waals surface area contributed by atoms with Crippen molar-refractivity contribution < 1.29 is 4.79 Å². The van der Waals surface area contributed by atoms with E-state index in [0.717, 1.165) is 29.5 Å². The van der Waals surface area contributed by atoms with Crippen molar-refractivity contribution in [1.29, 1.82) is 0 Å². The number of rotatable bonds is 4. The van der Waals surface area contributed by atoms with E-state index in [1.54, 1.807) is 29.4 Å². The van der Waals surface area contributed by atoms with E-state index in [0.29, 0.717) is 31.2 Å². The second kappa shape index (κ2) is 8.18. The minimum atomic E-state index is -0.0622. The largest absolute Gasteiger partial charge is 0.339 e. The molecule has 4 aromatic rings. The lowest BCUT2D eigenvalue weighted by molar-refractivity contribution is 0.0682. The van der Waals surface area contributed by atoms with Gasteiger partial charge in [-0.25, -0.2) is 4.98 Å². The Morgan fingerprint density at radius 1 is 1.10 bits per heavy atom. The second-order valence-electron chi connectivity index (χ2n) is 8.00. The Morgan fingerprint density at radius 3 is 2.71 bits per heavy atom. The maximum absolute atomic E-state index is 12.9. The maximum atomic E-state index is 12.9. The molecule has 0 atom stereocenters. The van der Waals surface area contributed by atoms with Crippen molar-refractivity contribution in [3.63, 3.8) is 0 Å². The summed E-state index contributed by atoms with van der Waals surface area (Å²) in [6.07, 6.45) is 10.6. The Labute approximate surface area is 179 Å². The minimum absolute atomic E-state index is 0.0622. The van der Waals surface area contributed by atoms with E-state index in [-0.39, 0.29) is 11.5 Å². The van der Waals surface area contributed by atoms with Crippen molar-refractivity contribution >= 4 is 11.4 Å². The van der Waals surface area contributed by atoms with Crippen LogP contribution in [-0.4, -0.2) is 42.8 Å². The van der Waals surface area contributed by atoms with Crippen molar-refractivity contribution in [3.05, 3.63) is 89.5 Å². The molecule has 0 unspecified atom stereocenters. The Bertz CT molecular complexity index is 1240. The SMILES string of the molecule is O=C(c1cc2ccccn2c1)N1CCC(Cn2cnc(-c3cccnc3)cc2=O)CC1. The highest BCUT2D eigenvalue weighted by Gasteiger charge is 2.25. The van der Waals surface area contributed by atoms with Crippen LogP contribution in [0.3, 0.4) is 0 Å². The van der Waals surface area contributed by atoms with Gasteiger partial charge in [-0.15, -0.1) is 0 Å². The van der Waals surface area contributed by atoms with Crippen molar-refractivity contribution in [3.8, 4) is 11.3 Å². The van der Waals surface area contributed by atoms with Crippen LogP contribution >= 0.6 is 0 Å². The first-order valence-electron chi connectivity index (χ1n) is 10.5. The second-order valence-corrected chi connectivity index (χ2v) is 8.00. The molecule has 5 heterocycles. The van der Waals surface area contributed by atoms with Gasteiger partial charge in [0.15, 0.2) is 0 Å². The zero-order valence-corrected chi connectivity index (χ0v) is 17.1. The molecule has 0 N–H and O–H groups in total. The molecule has 1 fully saturated rings. The number of nitrogens with zero attached hydrogens (tertiary/aromatic N) is 5. The van der Waals surface area contributed by atoms with E-state index in [4.69, 9.17) is 0 Å². The van der Waals surface area contributed by atoms with Crippen molar-refractivity contribution in [2.24, 2.45) is 5.92 Å². The standard InChI is InChI=1S/C24H23N5O2/c30-23-13-22(19-4-3-8-25-14-19)26-17-29(23)15-18-6-10-27(11-7-18)24(31)20-12-21-5-1-2-9-28(21)16-20/h1-5,8-9,12-14,16-18H,6-7,10-11,15H2. The fraction of sp³-hybridized carbons (Fsp3) is 0.250. The van der Waals surface area contributed by atoms with Crippen LogP contribution in [0.15, 0.2) is 78.4 Å². The average molecular weight is 413 g/mol. The van der Waals surface area contributed by atoms with Crippen LogP contribution < -0.4 is 5.56 Å². The number of aromatic nitrogens is 4. The van der Waals surface area contributed by atoms with Crippen LogP contribution in [0.5, 0.6) is 0 Å². The molecular formula is C24H23N5O2. The van der Waals surface area contributed by atoms with Crippen LogP contribution in [0, 0.1) is 5.92 Å². The van der Waals surface area contributed by atoms with E-state index in [2.05, 4.69) is 9.97 Å². The molecule has 1 aliphatic rings. The number of amides is 1. The van der Waals surface area contributed by atoms with Gasteiger partial charge < -0.3 is 9.30 Å². The molecule has 1 saturated heterocycles. The number of carbonyl (C=O) groups excluding carboxylic acids is 1. The quantitative estimate of drug-likeness (QED) is 0.515. The van der Waals surface area contributed by atoms with Gasteiger partial charge in [0.05, 0.1) is 17.6 Å². The number of hydrogen-bond acceptors (Lipinski definition) is 4. The highest BCUT2D eigenvalue weighted by Crippen LogP contribution is 2.21. The third-order valence-corrected chi connectivity index (χ3v) is 5.94. The Hall–Kier alpha value is -3.74. The van der Waals surface area contributed by atoms with Crippen LogP contribution in [-0.2, 0) is 6.54 Å². The van der Waals surface area contributed by atoms with Crippen molar-refractivity contribution in [1.82, 2.24) is 23.8 Å². The molecular weight excluding hydrogens is 390 g/mol. The summed E-state index contributed by atoms with van der Waals surface area (Å²) < 4.78 is 3.64. The molecule has 0 aliphatic carbocycles. The lowest BCUT2D eigenvalue weighted by Gasteiger charge is -2.32. The Morgan fingerprint density at radius 2 is 1.97 bits per heavy atom. The Kier molecular flexibility index (Phi) is 5.08. The maximum Gasteiger partial charge on any atom is 0.255 e. The van der Waals surface area contributed by atoms with E-state index in [1.807, 2.05) is 58.1 Å². The summed E-state index contributed by atoms with van der Waals surface area (Å²) >= 11 is 0. The highest BCUT2D eigenvalue weighted by molar-refractivity contribution is 5.95. The van der Waals surface area contributed by atoms with Gasteiger partial charge in [-0.1, -0.05) is 6.07 Å². The summed E-state index contributed by atoms with van der Waals surface area (Å²) in [5.74, 6) is 0.419. The summed E-state index contributed by atoms with van der Waals surface area (Å²) in [6, 6.07) is 13.1. The van der Waals surface area contributed by atoms with Gasteiger partial charge in [0, 0.05) is 61.6 Å². The zero-order chi connectivity index (χ0) is 21.2. The van der Waals surface area contributed by atoms with Gasteiger partial charge in [-0.3, -0.25) is 19.1 Å². The number of piperidine rings is 1. The summed E-state index contributed by atoms with van der Waals surface area (Å²) in [5.41, 5.74) is 3.14. The van der Waals surface area contributed by atoms with E-state index in [1.165, 1.54) is 0 Å². The smallest absolute Gasteiger partial charge is 0.255 e. The molecule has 7 heteroatoms. The van der Waals surface area contributed by atoms with Gasteiger partial charge in [-0.2, -0.15) is 0 Å². The summed E-state index contributed by atoms with van der Waals surface area (Å²) in [7, 11) is 0. The Balaban J connectivity index is 1.22. The number of pyridine rings is 2. The predicted molar refractivity (Wildman–Crippen MR) is 118 cm³/mol. The number of fused-ring (bicyclic) bond motifs is 1. The van der Waals surface area contributed by atoms with E-state index >= 15 is 0 Å². The molecule has 0 spiro atoms. The van der Waals surface area contributed by atoms with E-state index in [9.17, 15) is 9.59 Å². The van der Waals surface area contributed by atoms with Gasteiger partial charge in [0.2, 0.25) is 0 Å². The monoisotopic (exact) mass is 413 g/mol. The van der Waals surface area contributed by atoms with Crippen molar-refractivity contribution in [2.75, 3.05) is 13.1 Å². The molecule has 4 aromatic heterocycles. The van der Waals surface area contributed by atoms with Gasteiger partial charge in [0.25, 0.3) is 11.5 Å². The molecule has 1 amide bonds. The van der Waals surface area contributed by atoms with Crippen LogP contribution in [0.4, 0.5) is 0 Å². The third-order valence-electron chi connectivity index (χ3n) is 5.94. The third kappa shape index (κ3) is 3.99. The first-order valence-corrected chi connectivity index (χ1v) is 10.5. The average Bonchev–Trinajstić information content (AvgIpc) is 3.25. The first kappa shape index (κ1) is 19.2. The lowest BCUT2D eigenvalue weighted by Crippen LogP contribution is -2.40. The fourth-order valence-corrected chi connectivity index (χ4v) is 4.19. The molecule has 156 valence electrons. The molecule has 0 radical (unpaired) electrons. The van der Waals surface area contributed by atoms with Gasteiger partial charge in [-0.05, 0) is 49.1 Å². The van der Waals surface area contributed by atoms with Crippen LogP contribution in [0.25, 0.3) is 16.8 Å². The normalized spacial score (nSPS) is 14.8. The number of likely N-dealkylation sites (tertiary alicyclic amines) is 1. The summed E-state index contributed by atoms with van der Waals surface area (Å²) in [4.78, 5) is 35.9. The molecule has 0 saturated carbocycles. The minimum Gasteiger partial charge on any atom is -0.339 e. The van der Waals surface area contributed by atoms with Gasteiger partial charge >= 0.3 is 0 Å². The molecule has 0 bridgehead atoms. The highest BCUT2D eigenvalue weighted by atomic mass is 16.2. The zero-order valence-electron chi connectivity index (χ0n) is 17.1. The molecule has 5 rings (SSSR count). The predicted octanol–water partition coefficient (Wildman–Crippen LogP) is 3.11. The van der Waals surface area contributed by atoms with Crippen LogP contribution in [0.1, 0.15) is 23.2 Å². The topological polar surface area (TPSA) is 72.5 Å². The lowest BCUT2D eigenvalue weighted by atomic mass is 9.96. The van der Waals surface area contributed by atoms with Crippen molar-refractivity contribution in [2.45, 2.75) is 19.4 Å². The fourth-order valence-electron chi connectivity index (χ4n) is 4.19. The first-order chi connectivity index (χ1) is 15.2.